The Balaban J connectivity index is 2.15. The van der Waals surface area contributed by atoms with E-state index >= 15 is 0 Å². The van der Waals surface area contributed by atoms with Crippen LogP contribution in [0.2, 0.25) is 0 Å². The molecule has 112 valence electrons. The number of nitrogens with zero attached hydrogens (tertiary/aromatic N) is 2. The molecule has 5 nitrogen and oxygen atoms in total. The first-order valence-corrected chi connectivity index (χ1v) is 7.63. The minimum absolute atomic E-state index is 0.309. The molecule has 0 aliphatic heterocycles. The smallest absolute Gasteiger partial charge is 0.325 e. The SMILES string of the molecule is CCc1nn(C)cc1C(NC1CCCCCC1)C(=O)O. The van der Waals surface area contributed by atoms with E-state index in [-0.39, 0.29) is 0 Å². The Morgan fingerprint density at radius 2 is 2.10 bits per heavy atom. The average Bonchev–Trinajstić information content (AvgIpc) is 2.63. The van der Waals surface area contributed by atoms with Crippen LogP contribution < -0.4 is 5.32 Å². The molecule has 1 aromatic rings. The van der Waals surface area contributed by atoms with Gasteiger partial charge in [0.1, 0.15) is 6.04 Å². The highest BCUT2D eigenvalue weighted by molar-refractivity contribution is 5.75. The highest BCUT2D eigenvalue weighted by Gasteiger charge is 2.27. The van der Waals surface area contributed by atoms with E-state index in [0.717, 1.165) is 30.5 Å². The lowest BCUT2D eigenvalue weighted by Crippen LogP contribution is -2.37. The van der Waals surface area contributed by atoms with E-state index in [2.05, 4.69) is 10.4 Å². The van der Waals surface area contributed by atoms with Gasteiger partial charge in [-0.15, -0.1) is 0 Å². The average molecular weight is 279 g/mol. The van der Waals surface area contributed by atoms with Crippen LogP contribution in [0, 0.1) is 0 Å². The summed E-state index contributed by atoms with van der Waals surface area (Å²) in [5, 5.41) is 17.3. The lowest BCUT2D eigenvalue weighted by molar-refractivity contribution is -0.140. The molecule has 0 radical (unpaired) electrons. The molecule has 1 heterocycles. The molecule has 1 aliphatic carbocycles. The van der Waals surface area contributed by atoms with E-state index in [9.17, 15) is 9.90 Å². The third kappa shape index (κ3) is 3.60. The molecule has 1 aliphatic rings. The summed E-state index contributed by atoms with van der Waals surface area (Å²) in [7, 11) is 1.84. The van der Waals surface area contributed by atoms with E-state index in [4.69, 9.17) is 0 Å². The fraction of sp³-hybridized carbons (Fsp3) is 0.733. The predicted molar refractivity (Wildman–Crippen MR) is 77.6 cm³/mol. The van der Waals surface area contributed by atoms with Crippen LogP contribution in [0.3, 0.4) is 0 Å². The molecular formula is C15H25N3O2. The summed E-state index contributed by atoms with van der Waals surface area (Å²) in [4.78, 5) is 11.6. The molecule has 1 saturated carbocycles. The number of aromatic nitrogens is 2. The van der Waals surface area contributed by atoms with Crippen LogP contribution in [0.5, 0.6) is 0 Å². The van der Waals surface area contributed by atoms with Crippen molar-refractivity contribution in [1.29, 1.82) is 0 Å². The van der Waals surface area contributed by atoms with Crippen molar-refractivity contribution in [3.63, 3.8) is 0 Å². The van der Waals surface area contributed by atoms with Gasteiger partial charge in [-0.05, 0) is 19.3 Å². The highest BCUT2D eigenvalue weighted by atomic mass is 16.4. The van der Waals surface area contributed by atoms with E-state index in [1.54, 1.807) is 4.68 Å². The van der Waals surface area contributed by atoms with Gasteiger partial charge in [0.15, 0.2) is 0 Å². The van der Waals surface area contributed by atoms with Crippen LogP contribution in [0.15, 0.2) is 6.20 Å². The number of carboxylic acids is 1. The van der Waals surface area contributed by atoms with Gasteiger partial charge in [0, 0.05) is 24.8 Å². The summed E-state index contributed by atoms with van der Waals surface area (Å²) in [6.07, 6.45) is 9.66. The molecular weight excluding hydrogens is 254 g/mol. The summed E-state index contributed by atoms with van der Waals surface area (Å²) in [5.74, 6) is -0.808. The van der Waals surface area contributed by atoms with E-state index in [0.29, 0.717) is 6.04 Å². The monoisotopic (exact) mass is 279 g/mol. The Kier molecular flexibility index (Phi) is 5.17. The molecule has 5 heteroatoms. The van der Waals surface area contributed by atoms with Gasteiger partial charge in [-0.1, -0.05) is 32.6 Å². The van der Waals surface area contributed by atoms with Crippen LogP contribution >= 0.6 is 0 Å². The number of rotatable bonds is 5. The second-order valence-electron chi connectivity index (χ2n) is 5.68. The zero-order valence-corrected chi connectivity index (χ0v) is 12.4. The first-order valence-electron chi connectivity index (χ1n) is 7.63. The highest BCUT2D eigenvalue weighted by Crippen LogP contribution is 2.23. The van der Waals surface area contributed by atoms with E-state index in [1.165, 1.54) is 25.7 Å². The fourth-order valence-electron chi connectivity index (χ4n) is 3.04. The van der Waals surface area contributed by atoms with Gasteiger partial charge in [-0.2, -0.15) is 5.10 Å². The second kappa shape index (κ2) is 6.88. The third-order valence-corrected chi connectivity index (χ3v) is 4.09. The van der Waals surface area contributed by atoms with Crippen molar-refractivity contribution in [2.45, 2.75) is 64.0 Å². The van der Waals surface area contributed by atoms with Crippen LogP contribution in [0.4, 0.5) is 0 Å². The summed E-state index contributed by atoms with van der Waals surface area (Å²) in [6.45, 7) is 2.01. The van der Waals surface area contributed by atoms with Crippen molar-refractivity contribution in [2.75, 3.05) is 0 Å². The van der Waals surface area contributed by atoms with Gasteiger partial charge in [0.25, 0.3) is 0 Å². The van der Waals surface area contributed by atoms with Gasteiger partial charge in [0.05, 0.1) is 5.69 Å². The molecule has 2 rings (SSSR count). The van der Waals surface area contributed by atoms with Gasteiger partial charge in [-0.25, -0.2) is 0 Å². The molecule has 2 N–H and O–H groups in total. The Morgan fingerprint density at radius 1 is 1.45 bits per heavy atom. The lowest BCUT2D eigenvalue weighted by atomic mass is 10.0. The maximum Gasteiger partial charge on any atom is 0.325 e. The topological polar surface area (TPSA) is 67.2 Å². The third-order valence-electron chi connectivity index (χ3n) is 4.09. The number of carboxylic acid groups (broad SMARTS) is 1. The number of aryl methyl sites for hydroxylation is 2. The standard InChI is InChI=1S/C15H25N3O2/c1-3-13-12(10-18(2)17-13)14(15(19)20)16-11-8-6-4-5-7-9-11/h10-11,14,16H,3-9H2,1-2H3,(H,19,20). The molecule has 1 unspecified atom stereocenters. The summed E-state index contributed by atoms with van der Waals surface area (Å²) >= 11 is 0. The van der Waals surface area contributed by atoms with Gasteiger partial charge < -0.3 is 5.11 Å². The van der Waals surface area contributed by atoms with Crippen LogP contribution in [-0.4, -0.2) is 26.9 Å². The minimum atomic E-state index is -0.808. The molecule has 0 aromatic carbocycles. The van der Waals surface area contributed by atoms with Crippen molar-refractivity contribution in [1.82, 2.24) is 15.1 Å². The van der Waals surface area contributed by atoms with Crippen LogP contribution in [0.25, 0.3) is 0 Å². The van der Waals surface area contributed by atoms with Crippen molar-refractivity contribution in [2.24, 2.45) is 7.05 Å². The largest absolute Gasteiger partial charge is 0.480 e. The minimum Gasteiger partial charge on any atom is -0.480 e. The Morgan fingerprint density at radius 3 is 2.65 bits per heavy atom. The fourth-order valence-corrected chi connectivity index (χ4v) is 3.04. The summed E-state index contributed by atoms with van der Waals surface area (Å²) < 4.78 is 1.71. The number of hydrogen-bond acceptors (Lipinski definition) is 3. The van der Waals surface area contributed by atoms with Crippen molar-refractivity contribution >= 4 is 5.97 Å². The van der Waals surface area contributed by atoms with E-state index < -0.39 is 12.0 Å². The van der Waals surface area contributed by atoms with Crippen molar-refractivity contribution in [3.8, 4) is 0 Å². The molecule has 1 atom stereocenters. The Labute approximate surface area is 120 Å². The summed E-state index contributed by atoms with van der Waals surface area (Å²) in [5.41, 5.74) is 1.69. The lowest BCUT2D eigenvalue weighted by Gasteiger charge is -2.22. The van der Waals surface area contributed by atoms with Gasteiger partial charge in [0.2, 0.25) is 0 Å². The summed E-state index contributed by atoms with van der Waals surface area (Å²) in [6, 6.07) is -0.328. The van der Waals surface area contributed by atoms with Crippen molar-refractivity contribution in [3.05, 3.63) is 17.5 Å². The first-order chi connectivity index (χ1) is 9.61. The Bertz CT molecular complexity index is 448. The molecule has 0 amide bonds. The number of aliphatic carboxylic acids is 1. The normalized spacial score (nSPS) is 18.7. The molecule has 0 spiro atoms. The van der Waals surface area contributed by atoms with Crippen LogP contribution in [-0.2, 0) is 18.3 Å². The molecule has 1 fully saturated rings. The van der Waals surface area contributed by atoms with Crippen LogP contribution in [0.1, 0.15) is 62.7 Å². The maximum absolute atomic E-state index is 11.6. The van der Waals surface area contributed by atoms with E-state index in [1.807, 2.05) is 20.2 Å². The molecule has 20 heavy (non-hydrogen) atoms. The zero-order chi connectivity index (χ0) is 14.5. The first kappa shape index (κ1) is 15.0. The predicted octanol–water partition coefficient (Wildman–Crippen LogP) is 2.42. The number of nitrogens with one attached hydrogen (secondary N) is 1. The molecule has 0 saturated heterocycles. The second-order valence-corrected chi connectivity index (χ2v) is 5.68. The van der Waals surface area contributed by atoms with Gasteiger partial charge >= 0.3 is 5.97 Å². The quantitative estimate of drug-likeness (QED) is 0.812. The molecule has 0 bridgehead atoms. The number of hydrogen-bond donors (Lipinski definition) is 2. The zero-order valence-electron chi connectivity index (χ0n) is 12.4. The Hall–Kier alpha value is -1.36. The van der Waals surface area contributed by atoms with Crippen molar-refractivity contribution < 1.29 is 9.90 Å². The number of carbonyl (C=O) groups is 1. The van der Waals surface area contributed by atoms with Gasteiger partial charge in [-0.3, -0.25) is 14.8 Å². The molecule has 1 aromatic heterocycles. The maximum atomic E-state index is 11.6.